The molecule has 2 N–H and O–H groups in total. The Bertz CT molecular complexity index is 444. The maximum atomic E-state index is 15.1. The van der Waals surface area contributed by atoms with Crippen LogP contribution in [0.5, 0.6) is 0 Å². The summed E-state index contributed by atoms with van der Waals surface area (Å²) < 4.78 is 20.5. The van der Waals surface area contributed by atoms with Crippen LogP contribution in [0.15, 0.2) is 24.3 Å². The Morgan fingerprint density at radius 3 is 3.00 bits per heavy atom. The topological polar surface area (TPSA) is 33.3 Å². The van der Waals surface area contributed by atoms with Gasteiger partial charge in [-0.25, -0.2) is 4.39 Å². The average Bonchev–Trinajstić information content (AvgIpc) is 2.84. The lowest BCUT2D eigenvalue weighted by atomic mass is 9.87. The van der Waals surface area contributed by atoms with Gasteiger partial charge in [-0.05, 0) is 18.1 Å². The molecule has 0 aromatic heterocycles. The summed E-state index contributed by atoms with van der Waals surface area (Å²) in [7, 11) is 0. The standard InChI is InChI=1S/C15H21FN2O/c1-15(16,8-12-10-19-7-6-17-12)14-13-5-3-2-4-11(13)9-18-14/h2-5,12,14,17-18H,6-10H2,1H3. The van der Waals surface area contributed by atoms with Crippen molar-refractivity contribution in [3.05, 3.63) is 35.4 Å². The van der Waals surface area contributed by atoms with Crippen molar-refractivity contribution in [1.82, 2.24) is 10.6 Å². The Hall–Kier alpha value is -0.970. The molecule has 0 bridgehead atoms. The summed E-state index contributed by atoms with van der Waals surface area (Å²) in [6.07, 6.45) is 0.471. The van der Waals surface area contributed by atoms with Gasteiger partial charge >= 0.3 is 0 Å². The Labute approximate surface area is 113 Å². The van der Waals surface area contributed by atoms with Crippen molar-refractivity contribution in [2.45, 2.75) is 37.6 Å². The van der Waals surface area contributed by atoms with Crippen LogP contribution in [0, 0.1) is 0 Å². The van der Waals surface area contributed by atoms with Crippen molar-refractivity contribution >= 4 is 0 Å². The first kappa shape index (κ1) is 13.0. The molecule has 19 heavy (non-hydrogen) atoms. The minimum absolute atomic E-state index is 0.110. The highest BCUT2D eigenvalue weighted by Crippen LogP contribution is 2.38. The highest BCUT2D eigenvalue weighted by atomic mass is 19.1. The van der Waals surface area contributed by atoms with Gasteiger partial charge in [-0.1, -0.05) is 24.3 Å². The van der Waals surface area contributed by atoms with Crippen LogP contribution in [-0.2, 0) is 11.3 Å². The Morgan fingerprint density at radius 1 is 1.37 bits per heavy atom. The third-order valence-corrected chi connectivity index (χ3v) is 4.11. The van der Waals surface area contributed by atoms with E-state index in [1.165, 1.54) is 5.56 Å². The van der Waals surface area contributed by atoms with Gasteiger partial charge in [0.15, 0.2) is 0 Å². The Kier molecular flexibility index (Phi) is 3.56. The van der Waals surface area contributed by atoms with Gasteiger partial charge < -0.3 is 15.4 Å². The van der Waals surface area contributed by atoms with Crippen LogP contribution < -0.4 is 10.6 Å². The monoisotopic (exact) mass is 264 g/mol. The molecule has 104 valence electrons. The number of nitrogens with one attached hydrogen (secondary N) is 2. The molecule has 1 aromatic rings. The first-order valence-corrected chi connectivity index (χ1v) is 6.98. The van der Waals surface area contributed by atoms with Crippen molar-refractivity contribution in [3.8, 4) is 0 Å². The summed E-state index contributed by atoms with van der Waals surface area (Å²) in [5.41, 5.74) is 1.04. The average molecular weight is 264 g/mol. The summed E-state index contributed by atoms with van der Waals surface area (Å²) in [4.78, 5) is 0. The number of hydrogen-bond donors (Lipinski definition) is 2. The van der Waals surface area contributed by atoms with E-state index in [2.05, 4.69) is 16.7 Å². The van der Waals surface area contributed by atoms with Crippen LogP contribution in [0.2, 0.25) is 0 Å². The van der Waals surface area contributed by atoms with Gasteiger partial charge in [-0.15, -0.1) is 0 Å². The molecule has 3 atom stereocenters. The SMILES string of the molecule is CC(F)(CC1COCCN1)C1NCc2ccccc21. The summed E-state index contributed by atoms with van der Waals surface area (Å²) in [6, 6.07) is 7.99. The van der Waals surface area contributed by atoms with Crippen molar-refractivity contribution in [1.29, 1.82) is 0 Å². The molecular formula is C15H21FN2O. The molecule has 4 heteroatoms. The zero-order chi connectivity index (χ0) is 13.3. The van der Waals surface area contributed by atoms with Crippen molar-refractivity contribution in [2.75, 3.05) is 19.8 Å². The lowest BCUT2D eigenvalue weighted by Gasteiger charge is -2.34. The molecule has 2 aliphatic rings. The second-order valence-electron chi connectivity index (χ2n) is 5.72. The van der Waals surface area contributed by atoms with E-state index in [4.69, 9.17) is 4.74 Å². The highest BCUT2D eigenvalue weighted by Gasteiger charge is 2.41. The molecule has 0 amide bonds. The summed E-state index contributed by atoms with van der Waals surface area (Å²) in [5.74, 6) is 0. The summed E-state index contributed by atoms with van der Waals surface area (Å²) >= 11 is 0. The number of ether oxygens (including phenoxy) is 1. The molecule has 1 aromatic carbocycles. The van der Waals surface area contributed by atoms with E-state index in [0.29, 0.717) is 13.0 Å². The minimum atomic E-state index is -1.27. The van der Waals surface area contributed by atoms with E-state index in [1.54, 1.807) is 6.92 Å². The first-order chi connectivity index (χ1) is 9.17. The lowest BCUT2D eigenvalue weighted by Crippen LogP contribution is -2.47. The molecule has 0 spiro atoms. The van der Waals surface area contributed by atoms with E-state index >= 15 is 4.39 Å². The summed E-state index contributed by atoms with van der Waals surface area (Å²) in [5, 5.41) is 6.64. The van der Waals surface area contributed by atoms with Crippen molar-refractivity contribution in [2.24, 2.45) is 0 Å². The van der Waals surface area contributed by atoms with Crippen molar-refractivity contribution < 1.29 is 9.13 Å². The maximum absolute atomic E-state index is 15.1. The smallest absolute Gasteiger partial charge is 0.129 e. The zero-order valence-corrected chi connectivity index (χ0v) is 11.3. The quantitative estimate of drug-likeness (QED) is 0.875. The molecule has 3 unspecified atom stereocenters. The second kappa shape index (κ2) is 5.19. The zero-order valence-electron chi connectivity index (χ0n) is 11.3. The van der Waals surface area contributed by atoms with Gasteiger partial charge in [-0.3, -0.25) is 0 Å². The van der Waals surface area contributed by atoms with E-state index in [0.717, 1.165) is 25.3 Å². The molecule has 2 heterocycles. The Balaban J connectivity index is 1.73. The number of benzene rings is 1. The predicted molar refractivity (Wildman–Crippen MR) is 72.8 cm³/mol. The Morgan fingerprint density at radius 2 is 2.21 bits per heavy atom. The van der Waals surface area contributed by atoms with Gasteiger partial charge in [0.2, 0.25) is 0 Å². The number of alkyl halides is 1. The molecule has 0 aliphatic carbocycles. The van der Waals surface area contributed by atoms with Crippen LogP contribution in [0.4, 0.5) is 4.39 Å². The number of halogens is 1. The fourth-order valence-corrected chi connectivity index (χ4v) is 3.19. The fourth-order valence-electron chi connectivity index (χ4n) is 3.19. The van der Waals surface area contributed by atoms with E-state index in [9.17, 15) is 0 Å². The van der Waals surface area contributed by atoms with Gasteiger partial charge in [-0.2, -0.15) is 0 Å². The van der Waals surface area contributed by atoms with Gasteiger partial charge in [0.1, 0.15) is 5.67 Å². The normalized spacial score (nSPS) is 29.8. The van der Waals surface area contributed by atoms with Crippen LogP contribution in [-0.4, -0.2) is 31.5 Å². The fraction of sp³-hybridized carbons (Fsp3) is 0.600. The second-order valence-corrected chi connectivity index (χ2v) is 5.72. The highest BCUT2D eigenvalue weighted by molar-refractivity contribution is 5.35. The summed E-state index contributed by atoms with van der Waals surface area (Å²) in [6.45, 7) is 4.60. The number of morpholine rings is 1. The van der Waals surface area contributed by atoms with Gasteiger partial charge in [0.25, 0.3) is 0 Å². The molecule has 0 saturated carbocycles. The van der Waals surface area contributed by atoms with Crippen LogP contribution in [0.1, 0.15) is 30.5 Å². The van der Waals surface area contributed by atoms with E-state index in [-0.39, 0.29) is 12.1 Å². The minimum Gasteiger partial charge on any atom is -0.379 e. The van der Waals surface area contributed by atoms with Crippen LogP contribution >= 0.6 is 0 Å². The molecular weight excluding hydrogens is 243 g/mol. The molecule has 0 radical (unpaired) electrons. The molecule has 1 saturated heterocycles. The molecule has 1 fully saturated rings. The molecule has 3 nitrogen and oxygen atoms in total. The van der Waals surface area contributed by atoms with Crippen molar-refractivity contribution in [3.63, 3.8) is 0 Å². The predicted octanol–water partition coefficient (Wildman–Crippen LogP) is 1.94. The molecule has 3 rings (SSSR count). The number of hydrogen-bond acceptors (Lipinski definition) is 3. The third-order valence-electron chi connectivity index (χ3n) is 4.11. The van der Waals surface area contributed by atoms with Gasteiger partial charge in [0, 0.05) is 25.6 Å². The number of rotatable bonds is 3. The van der Waals surface area contributed by atoms with E-state index in [1.807, 2.05) is 18.2 Å². The lowest BCUT2D eigenvalue weighted by molar-refractivity contribution is 0.0362. The van der Waals surface area contributed by atoms with Gasteiger partial charge in [0.05, 0.1) is 19.3 Å². The largest absolute Gasteiger partial charge is 0.379 e. The third kappa shape index (κ3) is 2.66. The maximum Gasteiger partial charge on any atom is 0.129 e. The first-order valence-electron chi connectivity index (χ1n) is 6.98. The molecule has 2 aliphatic heterocycles. The van der Waals surface area contributed by atoms with Crippen LogP contribution in [0.25, 0.3) is 0 Å². The van der Waals surface area contributed by atoms with E-state index < -0.39 is 5.67 Å². The van der Waals surface area contributed by atoms with Crippen LogP contribution in [0.3, 0.4) is 0 Å². The number of fused-ring (bicyclic) bond motifs is 1.